The highest BCUT2D eigenvalue weighted by atomic mass is 16.6. The summed E-state index contributed by atoms with van der Waals surface area (Å²) < 4.78 is 5.57. The summed E-state index contributed by atoms with van der Waals surface area (Å²) in [6.07, 6.45) is 1.59. The second-order valence-electron chi connectivity index (χ2n) is 5.71. The number of aromatic nitrogens is 1. The Bertz CT molecular complexity index is 807. The molecule has 2 heterocycles. The summed E-state index contributed by atoms with van der Waals surface area (Å²) in [5.74, 6) is -0.355. The first kappa shape index (κ1) is 16.8. The summed E-state index contributed by atoms with van der Waals surface area (Å²) in [6, 6.07) is 10.8. The smallest absolute Gasteiger partial charge is 0.412 e. The van der Waals surface area contributed by atoms with Crippen LogP contribution in [0.3, 0.4) is 0 Å². The van der Waals surface area contributed by atoms with Gasteiger partial charge in [-0.2, -0.15) is 0 Å². The van der Waals surface area contributed by atoms with Gasteiger partial charge in [0, 0.05) is 17.3 Å². The van der Waals surface area contributed by atoms with Crippen LogP contribution in [0.1, 0.15) is 34.6 Å². The Labute approximate surface area is 144 Å². The van der Waals surface area contributed by atoms with E-state index >= 15 is 0 Å². The number of amides is 1. The van der Waals surface area contributed by atoms with Crippen molar-refractivity contribution >= 4 is 18.2 Å². The van der Waals surface area contributed by atoms with Crippen LogP contribution >= 0.6 is 0 Å². The molecule has 0 bridgehead atoms. The number of nitrogens with two attached hydrogens (primary N) is 1. The summed E-state index contributed by atoms with van der Waals surface area (Å²) >= 11 is 0. The lowest BCUT2D eigenvalue weighted by Gasteiger charge is -2.32. The molecule has 1 fully saturated rings. The normalized spacial score (nSPS) is 22.6. The van der Waals surface area contributed by atoms with Crippen molar-refractivity contribution in [2.75, 3.05) is 6.67 Å². The summed E-state index contributed by atoms with van der Waals surface area (Å²) in [4.78, 5) is 41.5. The molecule has 3 rings (SSSR count). The molecule has 0 spiro atoms. The van der Waals surface area contributed by atoms with E-state index in [0.717, 1.165) is 0 Å². The average molecular weight is 339 g/mol. The van der Waals surface area contributed by atoms with Crippen molar-refractivity contribution in [3.8, 4) is 0 Å². The van der Waals surface area contributed by atoms with Crippen LogP contribution in [-0.2, 0) is 15.1 Å². The zero-order valence-electron chi connectivity index (χ0n) is 13.6. The van der Waals surface area contributed by atoms with E-state index in [1.807, 2.05) is 0 Å². The second kappa shape index (κ2) is 6.45. The van der Waals surface area contributed by atoms with Crippen LogP contribution in [0.4, 0.5) is 4.79 Å². The number of benzene rings is 1. The molecule has 25 heavy (non-hydrogen) atoms. The Balaban J connectivity index is 2.22. The van der Waals surface area contributed by atoms with Crippen LogP contribution in [0.5, 0.6) is 0 Å². The van der Waals surface area contributed by atoms with Crippen molar-refractivity contribution in [3.63, 3.8) is 0 Å². The van der Waals surface area contributed by atoms with E-state index in [-0.39, 0.29) is 12.5 Å². The number of aldehydes is 1. The summed E-state index contributed by atoms with van der Waals surface area (Å²) in [5, 5.41) is 0. The fourth-order valence-electron chi connectivity index (χ4n) is 3.16. The van der Waals surface area contributed by atoms with Crippen molar-refractivity contribution in [3.05, 3.63) is 65.5 Å². The molecule has 1 aromatic heterocycles. The minimum absolute atomic E-state index is 0.123. The van der Waals surface area contributed by atoms with E-state index in [2.05, 4.69) is 4.98 Å². The number of Topliss-reactive ketones (excluding diaryl/α,β-unsaturated/α-hetero) is 1. The molecule has 0 radical (unpaired) electrons. The maximum atomic E-state index is 12.7. The van der Waals surface area contributed by atoms with Crippen LogP contribution in [0.15, 0.2) is 48.7 Å². The van der Waals surface area contributed by atoms with E-state index in [4.69, 9.17) is 10.5 Å². The number of rotatable bonds is 5. The van der Waals surface area contributed by atoms with Crippen LogP contribution in [0.2, 0.25) is 0 Å². The topological polar surface area (TPSA) is 103 Å². The van der Waals surface area contributed by atoms with E-state index < -0.39 is 17.7 Å². The van der Waals surface area contributed by atoms with Crippen LogP contribution in [0, 0.1) is 0 Å². The SMILES string of the molecule is CC(=O)C1(c2ccc(C=O)cc2)OC(=O)N(CN)C1c1ccccn1. The van der Waals surface area contributed by atoms with Gasteiger partial charge in [0.1, 0.15) is 12.3 Å². The predicted octanol–water partition coefficient (Wildman–Crippen LogP) is 1.79. The summed E-state index contributed by atoms with van der Waals surface area (Å²) in [6.45, 7) is 1.23. The van der Waals surface area contributed by atoms with Crippen LogP contribution < -0.4 is 5.73 Å². The largest absolute Gasteiger partial charge is 0.427 e. The molecule has 0 saturated carbocycles. The van der Waals surface area contributed by atoms with Gasteiger partial charge in [-0.1, -0.05) is 30.3 Å². The van der Waals surface area contributed by atoms with Gasteiger partial charge in [-0.25, -0.2) is 4.79 Å². The minimum Gasteiger partial charge on any atom is -0.427 e. The van der Waals surface area contributed by atoms with Gasteiger partial charge >= 0.3 is 6.09 Å². The Morgan fingerprint density at radius 2 is 2.04 bits per heavy atom. The number of pyridine rings is 1. The average Bonchev–Trinajstić information content (AvgIpc) is 2.96. The number of carbonyl (C=O) groups excluding carboxylic acids is 3. The van der Waals surface area contributed by atoms with E-state index in [1.54, 1.807) is 48.7 Å². The van der Waals surface area contributed by atoms with Crippen molar-refractivity contribution in [1.29, 1.82) is 0 Å². The number of ketones is 1. The number of ether oxygens (including phenoxy) is 1. The van der Waals surface area contributed by atoms with E-state index in [9.17, 15) is 14.4 Å². The van der Waals surface area contributed by atoms with Crippen LogP contribution in [-0.4, -0.2) is 34.7 Å². The van der Waals surface area contributed by atoms with Crippen molar-refractivity contribution in [2.24, 2.45) is 5.73 Å². The lowest BCUT2D eigenvalue weighted by molar-refractivity contribution is -0.135. The number of hydrogen-bond donors (Lipinski definition) is 1. The number of nitrogens with zero attached hydrogens (tertiary/aromatic N) is 2. The number of hydrogen-bond acceptors (Lipinski definition) is 6. The Kier molecular flexibility index (Phi) is 4.33. The first-order valence-electron chi connectivity index (χ1n) is 7.72. The van der Waals surface area contributed by atoms with Gasteiger partial charge < -0.3 is 10.5 Å². The fraction of sp³-hybridized carbons (Fsp3) is 0.222. The van der Waals surface area contributed by atoms with Gasteiger partial charge in [0.25, 0.3) is 0 Å². The third-order valence-corrected chi connectivity index (χ3v) is 4.34. The summed E-state index contributed by atoms with van der Waals surface area (Å²) in [5.41, 5.74) is 5.57. The van der Waals surface area contributed by atoms with E-state index in [1.165, 1.54) is 11.8 Å². The van der Waals surface area contributed by atoms with Gasteiger partial charge in [0.05, 0.1) is 12.4 Å². The predicted molar refractivity (Wildman–Crippen MR) is 88.5 cm³/mol. The molecule has 2 N–H and O–H groups in total. The first-order chi connectivity index (χ1) is 12.0. The molecular formula is C18H17N3O4. The molecule has 1 aromatic carbocycles. The third-order valence-electron chi connectivity index (χ3n) is 4.34. The molecule has 7 nitrogen and oxygen atoms in total. The lowest BCUT2D eigenvalue weighted by atomic mass is 9.81. The van der Waals surface area contributed by atoms with Crippen LogP contribution in [0.25, 0.3) is 0 Å². The maximum Gasteiger partial charge on any atom is 0.412 e. The third kappa shape index (κ3) is 2.58. The van der Waals surface area contributed by atoms with Crippen molar-refractivity contribution in [1.82, 2.24) is 9.88 Å². The van der Waals surface area contributed by atoms with Crippen molar-refractivity contribution < 1.29 is 19.1 Å². The molecule has 7 heteroatoms. The standard InChI is InChI=1S/C18H17N3O4/c1-12(23)18(14-7-5-13(10-22)6-8-14)16(15-4-2-3-9-20-15)21(11-19)17(24)25-18/h2-10,16H,11,19H2,1H3. The second-order valence-corrected chi connectivity index (χ2v) is 5.71. The zero-order valence-corrected chi connectivity index (χ0v) is 13.6. The van der Waals surface area contributed by atoms with Gasteiger partial charge in [-0.3, -0.25) is 19.5 Å². The van der Waals surface area contributed by atoms with Gasteiger partial charge in [0.15, 0.2) is 5.78 Å². The van der Waals surface area contributed by atoms with Gasteiger partial charge in [0.2, 0.25) is 5.60 Å². The molecule has 1 amide bonds. The number of carbonyl (C=O) groups is 3. The highest BCUT2D eigenvalue weighted by Gasteiger charge is 2.59. The molecule has 128 valence electrons. The van der Waals surface area contributed by atoms with Crippen molar-refractivity contribution in [2.45, 2.75) is 18.6 Å². The molecule has 1 saturated heterocycles. The monoisotopic (exact) mass is 339 g/mol. The molecule has 1 aliphatic heterocycles. The molecular weight excluding hydrogens is 322 g/mol. The quantitative estimate of drug-likeness (QED) is 0.833. The highest BCUT2D eigenvalue weighted by molar-refractivity contribution is 5.93. The molecule has 0 aliphatic carbocycles. The Morgan fingerprint density at radius 3 is 2.56 bits per heavy atom. The fourth-order valence-corrected chi connectivity index (χ4v) is 3.16. The first-order valence-corrected chi connectivity index (χ1v) is 7.72. The Hall–Kier alpha value is -3.06. The molecule has 1 aliphatic rings. The maximum absolute atomic E-state index is 12.7. The zero-order chi connectivity index (χ0) is 18.0. The number of cyclic esters (lactones) is 1. The molecule has 2 aromatic rings. The van der Waals surface area contributed by atoms with Gasteiger partial charge in [-0.05, 0) is 19.1 Å². The summed E-state index contributed by atoms with van der Waals surface area (Å²) in [7, 11) is 0. The minimum atomic E-state index is -1.58. The van der Waals surface area contributed by atoms with E-state index in [0.29, 0.717) is 23.1 Å². The molecule has 2 unspecified atom stereocenters. The lowest BCUT2D eigenvalue weighted by Crippen LogP contribution is -2.43. The molecule has 2 atom stereocenters. The van der Waals surface area contributed by atoms with Gasteiger partial charge in [-0.15, -0.1) is 0 Å². The Morgan fingerprint density at radius 1 is 1.32 bits per heavy atom. The highest BCUT2D eigenvalue weighted by Crippen LogP contribution is 2.48.